The van der Waals surface area contributed by atoms with Crippen molar-refractivity contribution in [3.8, 4) is 0 Å². The van der Waals surface area contributed by atoms with E-state index < -0.39 is 0 Å². The minimum Gasteiger partial charge on any atom is -0.461 e. The fourth-order valence-corrected chi connectivity index (χ4v) is 1.52. The number of aliphatic hydroxyl groups is 1. The number of hydrogen-bond donors (Lipinski definition) is 1. The van der Waals surface area contributed by atoms with Crippen molar-refractivity contribution < 1.29 is 14.6 Å². The predicted molar refractivity (Wildman–Crippen MR) is 28.6 cm³/mol. The Morgan fingerprint density at radius 3 is 2.78 bits per heavy atom. The summed E-state index contributed by atoms with van der Waals surface area (Å²) in [6.45, 7) is 0. The zero-order chi connectivity index (χ0) is 6.43. The summed E-state index contributed by atoms with van der Waals surface area (Å²) in [7, 11) is 0. The number of hydrogen-bond acceptors (Lipinski definition) is 3. The Labute approximate surface area is 52.6 Å². The van der Waals surface area contributed by atoms with Crippen LogP contribution in [0, 0.1) is 5.92 Å². The van der Waals surface area contributed by atoms with E-state index in [9.17, 15) is 4.79 Å². The van der Waals surface area contributed by atoms with Crippen molar-refractivity contribution in [1.29, 1.82) is 0 Å². The first kappa shape index (κ1) is 5.23. The van der Waals surface area contributed by atoms with Crippen LogP contribution in [0.3, 0.4) is 0 Å². The molecule has 2 aliphatic rings. The molecule has 3 atom stereocenters. The lowest BCUT2D eigenvalue weighted by molar-refractivity contribution is -0.179. The van der Waals surface area contributed by atoms with Gasteiger partial charge < -0.3 is 9.84 Å². The largest absolute Gasteiger partial charge is 0.461 e. The molecule has 1 saturated heterocycles. The minimum atomic E-state index is -0.300. The van der Waals surface area contributed by atoms with Gasteiger partial charge >= 0.3 is 5.97 Å². The van der Waals surface area contributed by atoms with E-state index >= 15 is 0 Å². The fraction of sp³-hybridized carbons (Fsp3) is 0.833. The van der Waals surface area contributed by atoms with Crippen LogP contribution in [0.15, 0.2) is 0 Å². The number of fused-ring (bicyclic) bond motifs is 1. The van der Waals surface area contributed by atoms with E-state index in [0.717, 1.165) is 0 Å². The molecule has 3 nitrogen and oxygen atoms in total. The third kappa shape index (κ3) is 0.580. The Bertz CT molecular complexity index is 154. The topological polar surface area (TPSA) is 46.5 Å². The van der Waals surface area contributed by atoms with Crippen LogP contribution in [0.5, 0.6) is 0 Å². The van der Waals surface area contributed by atoms with Gasteiger partial charge in [0, 0.05) is 6.42 Å². The second kappa shape index (κ2) is 1.48. The zero-order valence-corrected chi connectivity index (χ0v) is 4.91. The molecule has 0 aromatic rings. The first-order chi connectivity index (χ1) is 4.27. The third-order valence-corrected chi connectivity index (χ3v) is 2.05. The Hall–Kier alpha value is -0.570. The molecule has 0 spiro atoms. The summed E-state index contributed by atoms with van der Waals surface area (Å²) in [4.78, 5) is 10.5. The van der Waals surface area contributed by atoms with E-state index in [-0.39, 0.29) is 24.1 Å². The van der Waals surface area contributed by atoms with E-state index in [1.54, 1.807) is 0 Å². The van der Waals surface area contributed by atoms with Gasteiger partial charge in [-0.1, -0.05) is 0 Å². The summed E-state index contributed by atoms with van der Waals surface area (Å²) in [6.07, 6.45) is 1.01. The third-order valence-electron chi connectivity index (χ3n) is 2.05. The van der Waals surface area contributed by atoms with Crippen LogP contribution in [-0.2, 0) is 9.53 Å². The van der Waals surface area contributed by atoms with E-state index in [0.29, 0.717) is 12.8 Å². The summed E-state index contributed by atoms with van der Waals surface area (Å²) in [6, 6.07) is 0. The molecule has 0 aromatic carbocycles. The molecule has 1 aliphatic carbocycles. The number of aliphatic hydroxyl groups excluding tert-OH is 1. The van der Waals surface area contributed by atoms with E-state index in [1.807, 2.05) is 0 Å². The fourth-order valence-electron chi connectivity index (χ4n) is 1.52. The molecular weight excluding hydrogens is 120 g/mol. The van der Waals surface area contributed by atoms with Gasteiger partial charge in [0.2, 0.25) is 0 Å². The lowest BCUT2D eigenvalue weighted by atomic mass is 10.0. The number of carbonyl (C=O) groups is 1. The van der Waals surface area contributed by atoms with Gasteiger partial charge in [0.15, 0.2) is 0 Å². The molecule has 1 aliphatic heterocycles. The van der Waals surface area contributed by atoms with Crippen molar-refractivity contribution in [1.82, 2.24) is 0 Å². The summed E-state index contributed by atoms with van der Waals surface area (Å²) < 4.78 is 4.73. The lowest BCUT2D eigenvalue weighted by Gasteiger charge is -2.28. The van der Waals surface area contributed by atoms with Gasteiger partial charge in [0.1, 0.15) is 6.10 Å². The van der Waals surface area contributed by atoms with Crippen LogP contribution >= 0.6 is 0 Å². The zero-order valence-electron chi connectivity index (χ0n) is 4.91. The van der Waals surface area contributed by atoms with Crippen molar-refractivity contribution in [2.24, 2.45) is 5.92 Å². The van der Waals surface area contributed by atoms with Crippen LogP contribution in [-0.4, -0.2) is 23.3 Å². The Kier molecular flexibility index (Phi) is 0.858. The van der Waals surface area contributed by atoms with Gasteiger partial charge in [-0.3, -0.25) is 4.79 Å². The predicted octanol–water partition coefficient (Wildman–Crippen LogP) is -0.317. The average Bonchev–Trinajstić information content (AvgIpc) is 2.08. The highest BCUT2D eigenvalue weighted by Gasteiger charge is 2.49. The molecule has 2 rings (SSSR count). The van der Waals surface area contributed by atoms with Crippen molar-refractivity contribution in [2.45, 2.75) is 25.0 Å². The monoisotopic (exact) mass is 128 g/mol. The van der Waals surface area contributed by atoms with Crippen LogP contribution in [0.2, 0.25) is 0 Å². The van der Waals surface area contributed by atoms with E-state index in [2.05, 4.69) is 0 Å². The molecule has 0 unspecified atom stereocenters. The van der Waals surface area contributed by atoms with Crippen LogP contribution in [0.4, 0.5) is 0 Å². The Balaban J connectivity index is 2.08. The Morgan fingerprint density at radius 1 is 1.56 bits per heavy atom. The molecule has 0 aromatic heterocycles. The lowest BCUT2D eigenvalue weighted by Crippen LogP contribution is -2.40. The van der Waals surface area contributed by atoms with Gasteiger partial charge in [0.25, 0.3) is 0 Å². The molecule has 2 fully saturated rings. The van der Waals surface area contributed by atoms with Crippen LogP contribution < -0.4 is 0 Å². The quantitative estimate of drug-likeness (QED) is 0.455. The van der Waals surface area contributed by atoms with Crippen molar-refractivity contribution >= 4 is 5.97 Å². The van der Waals surface area contributed by atoms with Gasteiger partial charge in [0.05, 0.1) is 12.0 Å². The molecule has 9 heavy (non-hydrogen) atoms. The highest BCUT2D eigenvalue weighted by molar-refractivity contribution is 5.79. The van der Waals surface area contributed by atoms with E-state index in [1.165, 1.54) is 0 Å². The number of rotatable bonds is 0. The molecule has 0 bridgehead atoms. The van der Waals surface area contributed by atoms with Gasteiger partial charge in [-0.2, -0.15) is 0 Å². The second-order valence-corrected chi connectivity index (χ2v) is 2.71. The van der Waals surface area contributed by atoms with Crippen LogP contribution in [0.25, 0.3) is 0 Å². The smallest absolute Gasteiger partial charge is 0.313 e. The molecule has 3 heteroatoms. The maximum Gasteiger partial charge on any atom is 0.313 e. The summed E-state index contributed by atoms with van der Waals surface area (Å²) in [5.41, 5.74) is 0. The second-order valence-electron chi connectivity index (χ2n) is 2.71. The molecule has 1 N–H and O–H groups in total. The molecule has 0 amide bonds. The Morgan fingerprint density at radius 2 is 2.33 bits per heavy atom. The average molecular weight is 128 g/mol. The molecular formula is C6H8O3. The van der Waals surface area contributed by atoms with Crippen LogP contribution in [0.1, 0.15) is 12.8 Å². The van der Waals surface area contributed by atoms with Gasteiger partial charge in [-0.05, 0) is 6.42 Å². The van der Waals surface area contributed by atoms with Gasteiger partial charge in [-0.25, -0.2) is 0 Å². The van der Waals surface area contributed by atoms with E-state index in [4.69, 9.17) is 9.84 Å². The molecule has 0 radical (unpaired) electrons. The molecule has 1 heterocycles. The number of ether oxygens (including phenoxy) is 1. The number of esters is 1. The highest BCUT2D eigenvalue weighted by Crippen LogP contribution is 2.37. The SMILES string of the molecule is O=C1O[C@@H]2C[C@H](O)C[C@H]12. The highest BCUT2D eigenvalue weighted by atomic mass is 16.6. The van der Waals surface area contributed by atoms with Gasteiger partial charge in [-0.15, -0.1) is 0 Å². The number of carbonyl (C=O) groups excluding carboxylic acids is 1. The first-order valence-electron chi connectivity index (χ1n) is 3.16. The first-order valence-corrected chi connectivity index (χ1v) is 3.16. The van der Waals surface area contributed by atoms with Crippen molar-refractivity contribution in [2.75, 3.05) is 0 Å². The van der Waals surface area contributed by atoms with Crippen molar-refractivity contribution in [3.05, 3.63) is 0 Å². The normalized spacial score (nSPS) is 47.7. The minimum absolute atomic E-state index is 0.0278. The maximum atomic E-state index is 10.5. The summed E-state index contributed by atoms with van der Waals surface area (Å²) >= 11 is 0. The summed E-state index contributed by atoms with van der Waals surface area (Å²) in [5, 5.41) is 9.00. The standard InChI is InChI=1S/C6H8O3/c7-3-1-4-5(2-3)9-6(4)8/h3-5,7H,1-2H2/t3-,4+,5-/m1/s1. The van der Waals surface area contributed by atoms with Crippen molar-refractivity contribution in [3.63, 3.8) is 0 Å². The molecule has 1 saturated carbocycles. The molecule has 50 valence electrons. The summed E-state index contributed by atoms with van der Waals surface area (Å²) in [5.74, 6) is -0.100. The maximum absolute atomic E-state index is 10.5.